The number of esters is 1. The largest absolute Gasteiger partial charge is 0.456 e. The van der Waals surface area contributed by atoms with Crippen molar-refractivity contribution >= 4 is 32.9 Å². The lowest BCUT2D eigenvalue weighted by Gasteiger charge is -2.15. The molecule has 3 aromatic rings. The average molecular weight is 490 g/mol. The Hall–Kier alpha value is -3.58. The van der Waals surface area contributed by atoms with Crippen LogP contribution in [0.1, 0.15) is 23.2 Å². The molecule has 1 saturated heterocycles. The number of carbonyl (C=O) groups excluding carboxylic acids is 2. The van der Waals surface area contributed by atoms with Crippen molar-refractivity contribution in [3.63, 3.8) is 0 Å². The van der Waals surface area contributed by atoms with E-state index in [1.807, 2.05) is 0 Å². The Balaban J connectivity index is 1.43. The lowest BCUT2D eigenvalue weighted by atomic mass is 10.1. The molecule has 180 valence electrons. The molecular formula is C21H23N5O7S. The van der Waals surface area contributed by atoms with E-state index >= 15 is 0 Å². The van der Waals surface area contributed by atoms with Crippen LogP contribution in [0, 0.1) is 0 Å². The van der Waals surface area contributed by atoms with Gasteiger partial charge in [-0.1, -0.05) is 0 Å². The molecule has 1 fully saturated rings. The summed E-state index contributed by atoms with van der Waals surface area (Å²) in [7, 11) is -0.587. The highest BCUT2D eigenvalue weighted by molar-refractivity contribution is 7.89. The first-order valence-electron chi connectivity index (χ1n) is 10.5. The predicted molar refractivity (Wildman–Crippen MR) is 120 cm³/mol. The zero-order valence-corrected chi connectivity index (χ0v) is 19.4. The number of hydrogen-bond donors (Lipinski definition) is 0. The topological polar surface area (TPSA) is 143 Å². The predicted octanol–water partition coefficient (Wildman–Crippen LogP) is -0.356. The summed E-state index contributed by atoms with van der Waals surface area (Å²) in [6.45, 7) is -0.357. The highest BCUT2D eigenvalue weighted by atomic mass is 32.2. The SMILES string of the molecule is Cn1cnc2c1c(=O)n(CC(=O)OCC(=O)c1ccc(S(=O)(=O)N3CCCC3)cc1)c(=O)n2C. The number of Topliss-reactive ketones (excluding diaryl/α,β-unsaturated/α-hetero) is 1. The number of aryl methyl sites for hydroxylation is 2. The van der Waals surface area contributed by atoms with E-state index in [9.17, 15) is 27.6 Å². The van der Waals surface area contributed by atoms with Gasteiger partial charge in [0.2, 0.25) is 10.0 Å². The zero-order chi connectivity index (χ0) is 24.6. The molecule has 0 saturated carbocycles. The summed E-state index contributed by atoms with van der Waals surface area (Å²) in [6.07, 6.45) is 3.01. The van der Waals surface area contributed by atoms with Gasteiger partial charge < -0.3 is 9.30 Å². The first-order chi connectivity index (χ1) is 16.1. The van der Waals surface area contributed by atoms with E-state index in [-0.39, 0.29) is 21.6 Å². The maximum absolute atomic E-state index is 12.6. The third kappa shape index (κ3) is 4.19. The summed E-state index contributed by atoms with van der Waals surface area (Å²) >= 11 is 0. The van der Waals surface area contributed by atoms with Crippen molar-refractivity contribution in [1.29, 1.82) is 0 Å². The van der Waals surface area contributed by atoms with Crippen LogP contribution in [0.3, 0.4) is 0 Å². The van der Waals surface area contributed by atoms with Gasteiger partial charge >= 0.3 is 11.7 Å². The van der Waals surface area contributed by atoms with Crippen LogP contribution >= 0.6 is 0 Å². The first-order valence-corrected chi connectivity index (χ1v) is 11.9. The number of aromatic nitrogens is 4. The Morgan fingerprint density at radius 3 is 2.35 bits per heavy atom. The van der Waals surface area contributed by atoms with Crippen molar-refractivity contribution in [3.05, 3.63) is 57.0 Å². The second-order valence-corrected chi connectivity index (χ2v) is 9.92. The number of ketones is 1. The molecule has 1 aliphatic heterocycles. The van der Waals surface area contributed by atoms with Crippen LogP contribution in [-0.4, -0.2) is 62.9 Å². The van der Waals surface area contributed by atoms with Crippen LogP contribution in [0.25, 0.3) is 11.2 Å². The van der Waals surface area contributed by atoms with Crippen molar-refractivity contribution in [1.82, 2.24) is 23.0 Å². The van der Waals surface area contributed by atoms with Gasteiger partial charge in [0.05, 0.1) is 11.2 Å². The van der Waals surface area contributed by atoms with Gasteiger partial charge in [-0.3, -0.25) is 19.0 Å². The Labute approximate surface area is 194 Å². The fourth-order valence-corrected chi connectivity index (χ4v) is 5.35. The quantitative estimate of drug-likeness (QED) is 0.324. The highest BCUT2D eigenvalue weighted by Gasteiger charge is 2.27. The molecule has 0 aliphatic carbocycles. The lowest BCUT2D eigenvalue weighted by Crippen LogP contribution is -2.41. The summed E-state index contributed by atoms with van der Waals surface area (Å²) in [5.41, 5.74) is -0.939. The summed E-state index contributed by atoms with van der Waals surface area (Å²) in [5, 5.41) is 0. The molecule has 12 nitrogen and oxygen atoms in total. The molecule has 13 heteroatoms. The minimum atomic E-state index is -3.60. The van der Waals surface area contributed by atoms with E-state index in [1.54, 1.807) is 7.05 Å². The summed E-state index contributed by atoms with van der Waals surface area (Å²) in [6, 6.07) is 5.40. The van der Waals surface area contributed by atoms with Gasteiger partial charge in [-0.15, -0.1) is 0 Å². The number of rotatable bonds is 7. The first kappa shape index (κ1) is 23.6. The van der Waals surface area contributed by atoms with Crippen molar-refractivity contribution in [3.8, 4) is 0 Å². The Kier molecular flexibility index (Phi) is 6.23. The third-order valence-electron chi connectivity index (χ3n) is 5.73. The molecule has 1 aliphatic rings. The number of nitrogens with zero attached hydrogens (tertiary/aromatic N) is 5. The van der Waals surface area contributed by atoms with Crippen LogP contribution in [0.15, 0.2) is 45.1 Å². The Morgan fingerprint density at radius 1 is 1.06 bits per heavy atom. The summed E-state index contributed by atoms with van der Waals surface area (Å²) in [5.74, 6) is -1.50. The van der Waals surface area contributed by atoms with E-state index < -0.39 is 46.2 Å². The van der Waals surface area contributed by atoms with Gasteiger partial charge in [-0.2, -0.15) is 4.31 Å². The second kappa shape index (κ2) is 8.99. The number of benzene rings is 1. The van der Waals surface area contributed by atoms with Gasteiger partial charge in [0.1, 0.15) is 6.54 Å². The van der Waals surface area contributed by atoms with Gasteiger partial charge in [0.25, 0.3) is 5.56 Å². The van der Waals surface area contributed by atoms with Crippen molar-refractivity contribution in [2.75, 3.05) is 19.7 Å². The van der Waals surface area contributed by atoms with E-state index in [1.165, 1.54) is 46.5 Å². The molecule has 0 spiro atoms. The summed E-state index contributed by atoms with van der Waals surface area (Å²) < 4.78 is 34.8. The van der Waals surface area contributed by atoms with Crippen LogP contribution in [0.4, 0.5) is 0 Å². The molecule has 0 radical (unpaired) electrons. The molecule has 0 bridgehead atoms. The van der Waals surface area contributed by atoms with E-state index in [2.05, 4.69) is 4.98 Å². The minimum absolute atomic E-state index is 0.0868. The van der Waals surface area contributed by atoms with Crippen LogP contribution < -0.4 is 11.2 Å². The Bertz CT molecular complexity index is 1490. The van der Waals surface area contributed by atoms with Gasteiger partial charge in [-0.05, 0) is 37.1 Å². The molecule has 4 rings (SSSR count). The monoisotopic (exact) mass is 489 g/mol. The normalized spacial score (nSPS) is 14.5. The van der Waals surface area contributed by atoms with Crippen molar-refractivity contribution in [2.45, 2.75) is 24.3 Å². The molecule has 1 aromatic carbocycles. The minimum Gasteiger partial charge on any atom is -0.456 e. The lowest BCUT2D eigenvalue weighted by molar-refractivity contribution is -0.143. The van der Waals surface area contributed by atoms with Gasteiger partial charge in [-0.25, -0.2) is 22.8 Å². The second-order valence-electron chi connectivity index (χ2n) is 7.98. The van der Waals surface area contributed by atoms with Crippen LogP contribution in [0.5, 0.6) is 0 Å². The summed E-state index contributed by atoms with van der Waals surface area (Å²) in [4.78, 5) is 53.9. The molecule has 0 N–H and O–H groups in total. The zero-order valence-electron chi connectivity index (χ0n) is 18.6. The average Bonchev–Trinajstić information content (AvgIpc) is 3.50. The van der Waals surface area contributed by atoms with Gasteiger partial charge in [0, 0.05) is 32.7 Å². The molecule has 3 heterocycles. The third-order valence-corrected chi connectivity index (χ3v) is 7.64. The fourth-order valence-electron chi connectivity index (χ4n) is 3.83. The number of imidazole rings is 1. The molecule has 0 unspecified atom stereocenters. The van der Waals surface area contributed by atoms with Crippen molar-refractivity contribution in [2.24, 2.45) is 14.1 Å². The fraction of sp³-hybridized carbons (Fsp3) is 0.381. The number of fused-ring (bicyclic) bond motifs is 1. The molecular weight excluding hydrogens is 466 g/mol. The van der Waals surface area contributed by atoms with Crippen molar-refractivity contribution < 1.29 is 22.7 Å². The van der Waals surface area contributed by atoms with Crippen LogP contribution in [0.2, 0.25) is 0 Å². The number of sulfonamides is 1. The standard InChI is InChI=1S/C21H23N5O7S/c1-23-13-22-19-18(23)20(29)26(21(30)24(19)2)11-17(28)33-12-16(27)14-5-7-15(8-6-14)34(31,32)25-9-3-4-10-25/h5-8,13H,3-4,9-12H2,1-2H3. The highest BCUT2D eigenvalue weighted by Crippen LogP contribution is 2.21. The molecule has 0 amide bonds. The molecule has 34 heavy (non-hydrogen) atoms. The van der Waals surface area contributed by atoms with Crippen LogP contribution in [-0.2, 0) is 40.2 Å². The van der Waals surface area contributed by atoms with E-state index in [4.69, 9.17) is 4.74 Å². The maximum Gasteiger partial charge on any atom is 0.333 e. The number of hydrogen-bond acceptors (Lipinski definition) is 8. The van der Waals surface area contributed by atoms with E-state index in [0.717, 1.165) is 22.0 Å². The van der Waals surface area contributed by atoms with E-state index in [0.29, 0.717) is 13.1 Å². The smallest absolute Gasteiger partial charge is 0.333 e. The van der Waals surface area contributed by atoms with Gasteiger partial charge in [0.15, 0.2) is 23.6 Å². The maximum atomic E-state index is 12.6. The number of ether oxygens (including phenoxy) is 1. The molecule has 0 atom stereocenters. The molecule has 2 aromatic heterocycles. The number of carbonyl (C=O) groups is 2. The Morgan fingerprint density at radius 2 is 1.71 bits per heavy atom.